The fraction of sp³-hybridized carbons (Fsp3) is 0.643. The number of aliphatic hydroxyl groups is 1. The zero-order valence-corrected chi connectivity index (χ0v) is 11.3. The summed E-state index contributed by atoms with van der Waals surface area (Å²) in [6.07, 6.45) is 2.59. The summed E-state index contributed by atoms with van der Waals surface area (Å²) in [6, 6.07) is 4.33. The molecule has 18 heavy (non-hydrogen) atoms. The Hall–Kier alpha value is -1.13. The average molecular weight is 250 g/mol. The van der Waals surface area contributed by atoms with Crippen LogP contribution in [0.5, 0.6) is 0 Å². The van der Waals surface area contributed by atoms with Gasteiger partial charge in [-0.15, -0.1) is 0 Å². The number of nitrogens with zero attached hydrogens (tertiary/aromatic N) is 2. The molecule has 0 spiro atoms. The Morgan fingerprint density at radius 2 is 2.33 bits per heavy atom. The molecule has 2 heterocycles. The lowest BCUT2D eigenvalue weighted by molar-refractivity contribution is 0.0296. The van der Waals surface area contributed by atoms with Gasteiger partial charge in [0, 0.05) is 12.7 Å². The highest BCUT2D eigenvalue weighted by Crippen LogP contribution is 2.22. The maximum Gasteiger partial charge on any atom is 0.128 e. The molecule has 1 aliphatic rings. The van der Waals surface area contributed by atoms with Gasteiger partial charge in [-0.3, -0.25) is 0 Å². The normalized spacial score (nSPS) is 26.1. The van der Waals surface area contributed by atoms with Crippen molar-refractivity contribution < 1.29 is 9.84 Å². The molecule has 0 aromatic carbocycles. The Balaban J connectivity index is 2.17. The van der Waals surface area contributed by atoms with Crippen molar-refractivity contribution in [2.75, 3.05) is 18.1 Å². The molecular weight excluding hydrogens is 228 g/mol. The number of hydrogen-bond acceptors (Lipinski definition) is 4. The minimum atomic E-state index is -0.461. The first kappa shape index (κ1) is 13.3. The van der Waals surface area contributed by atoms with Crippen LogP contribution in [0.3, 0.4) is 0 Å². The molecule has 0 radical (unpaired) electrons. The molecule has 1 saturated heterocycles. The molecule has 1 N–H and O–H groups in total. The Kier molecular flexibility index (Phi) is 4.19. The van der Waals surface area contributed by atoms with Crippen LogP contribution in [0.15, 0.2) is 18.3 Å². The Morgan fingerprint density at radius 3 is 2.89 bits per heavy atom. The molecule has 2 unspecified atom stereocenters. The summed E-state index contributed by atoms with van der Waals surface area (Å²) < 4.78 is 5.69. The van der Waals surface area contributed by atoms with Gasteiger partial charge in [-0.2, -0.15) is 0 Å². The third kappa shape index (κ3) is 2.82. The van der Waals surface area contributed by atoms with E-state index in [0.717, 1.165) is 31.0 Å². The molecule has 1 aliphatic heterocycles. The van der Waals surface area contributed by atoms with Crippen LogP contribution in [-0.4, -0.2) is 35.4 Å². The average Bonchev–Trinajstić information content (AvgIpc) is 2.39. The first-order valence-electron chi connectivity index (χ1n) is 6.64. The maximum atomic E-state index is 9.49. The zero-order chi connectivity index (χ0) is 13.1. The van der Waals surface area contributed by atoms with E-state index in [0.29, 0.717) is 6.04 Å². The number of rotatable bonds is 3. The van der Waals surface area contributed by atoms with Crippen molar-refractivity contribution in [3.8, 4) is 0 Å². The van der Waals surface area contributed by atoms with Gasteiger partial charge in [0.2, 0.25) is 0 Å². The van der Waals surface area contributed by atoms with Crippen molar-refractivity contribution in [1.82, 2.24) is 4.98 Å². The predicted octanol–water partition coefficient (Wildman–Crippen LogP) is 2.14. The van der Waals surface area contributed by atoms with E-state index in [1.807, 2.05) is 12.1 Å². The van der Waals surface area contributed by atoms with Crippen LogP contribution in [0.4, 0.5) is 5.82 Å². The summed E-state index contributed by atoms with van der Waals surface area (Å²) in [6.45, 7) is 7.64. The van der Waals surface area contributed by atoms with E-state index >= 15 is 0 Å². The molecular formula is C14H22N2O2. The quantitative estimate of drug-likeness (QED) is 0.892. The molecule has 4 heteroatoms. The predicted molar refractivity (Wildman–Crippen MR) is 71.7 cm³/mol. The molecule has 1 fully saturated rings. The fourth-order valence-corrected chi connectivity index (χ4v) is 2.28. The van der Waals surface area contributed by atoms with E-state index in [2.05, 4.69) is 23.7 Å². The number of anilines is 1. The van der Waals surface area contributed by atoms with Crippen LogP contribution in [-0.2, 0) is 4.74 Å². The van der Waals surface area contributed by atoms with Gasteiger partial charge in [0.25, 0.3) is 0 Å². The summed E-state index contributed by atoms with van der Waals surface area (Å²) in [7, 11) is 0. The molecule has 0 amide bonds. The highest BCUT2D eigenvalue weighted by Gasteiger charge is 2.26. The van der Waals surface area contributed by atoms with Gasteiger partial charge in [-0.05, 0) is 31.9 Å². The van der Waals surface area contributed by atoms with Crippen molar-refractivity contribution in [2.24, 2.45) is 0 Å². The van der Waals surface area contributed by atoms with Gasteiger partial charge in [-0.1, -0.05) is 13.0 Å². The number of morpholine rings is 1. The highest BCUT2D eigenvalue weighted by molar-refractivity contribution is 5.41. The summed E-state index contributed by atoms with van der Waals surface area (Å²) in [5.41, 5.74) is 0.855. The molecule has 0 saturated carbocycles. The van der Waals surface area contributed by atoms with Crippen molar-refractivity contribution in [3.05, 3.63) is 23.9 Å². The Labute approximate surface area is 109 Å². The van der Waals surface area contributed by atoms with Crippen LogP contribution in [0, 0.1) is 0 Å². The van der Waals surface area contributed by atoms with E-state index in [4.69, 9.17) is 4.74 Å². The monoisotopic (exact) mass is 250 g/mol. The third-order valence-corrected chi connectivity index (χ3v) is 3.49. The topological polar surface area (TPSA) is 45.6 Å². The maximum absolute atomic E-state index is 9.49. The van der Waals surface area contributed by atoms with Gasteiger partial charge in [0.15, 0.2) is 0 Å². The number of ether oxygens (including phenoxy) is 1. The number of hydrogen-bond donors (Lipinski definition) is 1. The minimum absolute atomic E-state index is 0.242. The molecule has 100 valence electrons. The second-order valence-electron chi connectivity index (χ2n) is 4.98. The van der Waals surface area contributed by atoms with Gasteiger partial charge >= 0.3 is 0 Å². The summed E-state index contributed by atoms with van der Waals surface area (Å²) in [5, 5.41) is 9.49. The smallest absolute Gasteiger partial charge is 0.128 e. The third-order valence-electron chi connectivity index (χ3n) is 3.49. The first-order valence-corrected chi connectivity index (χ1v) is 6.64. The van der Waals surface area contributed by atoms with E-state index in [1.54, 1.807) is 13.1 Å². The van der Waals surface area contributed by atoms with Gasteiger partial charge < -0.3 is 14.7 Å². The molecule has 0 aliphatic carbocycles. The molecule has 2 rings (SSSR count). The minimum Gasteiger partial charge on any atom is -0.389 e. The summed E-state index contributed by atoms with van der Waals surface area (Å²) in [4.78, 5) is 6.77. The SMILES string of the molecule is CCC1COC(C)CN1c1ccc([C@@H](C)O)cn1. The summed E-state index contributed by atoms with van der Waals surface area (Å²) >= 11 is 0. The van der Waals surface area contributed by atoms with Crippen LogP contribution < -0.4 is 4.90 Å². The lowest BCUT2D eigenvalue weighted by atomic mass is 10.1. The number of aromatic nitrogens is 1. The van der Waals surface area contributed by atoms with E-state index < -0.39 is 6.10 Å². The number of pyridine rings is 1. The van der Waals surface area contributed by atoms with Gasteiger partial charge in [0.1, 0.15) is 5.82 Å². The Morgan fingerprint density at radius 1 is 1.56 bits per heavy atom. The first-order chi connectivity index (χ1) is 8.61. The van der Waals surface area contributed by atoms with Crippen molar-refractivity contribution in [1.29, 1.82) is 0 Å². The Bertz CT molecular complexity index is 378. The van der Waals surface area contributed by atoms with Crippen molar-refractivity contribution in [3.63, 3.8) is 0 Å². The van der Waals surface area contributed by atoms with Crippen LogP contribution in [0.1, 0.15) is 38.9 Å². The second-order valence-corrected chi connectivity index (χ2v) is 4.98. The van der Waals surface area contributed by atoms with E-state index in [-0.39, 0.29) is 6.10 Å². The fourth-order valence-electron chi connectivity index (χ4n) is 2.28. The van der Waals surface area contributed by atoms with E-state index in [9.17, 15) is 5.11 Å². The molecule has 4 nitrogen and oxygen atoms in total. The second kappa shape index (κ2) is 5.67. The van der Waals surface area contributed by atoms with Gasteiger partial charge in [-0.25, -0.2) is 4.98 Å². The van der Waals surface area contributed by atoms with Gasteiger partial charge in [0.05, 0.1) is 24.9 Å². The standard InChI is InChI=1S/C14H22N2O2/c1-4-13-9-18-10(2)8-16(13)14-6-5-12(7-15-14)11(3)17/h5-7,10-11,13,17H,4,8-9H2,1-3H3/t10?,11-,13?/m1/s1. The van der Waals surface area contributed by atoms with Crippen molar-refractivity contribution >= 4 is 5.82 Å². The molecule has 0 bridgehead atoms. The summed E-state index contributed by atoms with van der Waals surface area (Å²) in [5.74, 6) is 0.974. The highest BCUT2D eigenvalue weighted by atomic mass is 16.5. The van der Waals surface area contributed by atoms with Crippen LogP contribution in [0.2, 0.25) is 0 Å². The number of aliphatic hydroxyl groups excluding tert-OH is 1. The lowest BCUT2D eigenvalue weighted by Gasteiger charge is -2.39. The largest absolute Gasteiger partial charge is 0.389 e. The zero-order valence-electron chi connectivity index (χ0n) is 11.3. The molecule has 1 aromatic rings. The molecule has 1 aromatic heterocycles. The van der Waals surface area contributed by atoms with E-state index in [1.165, 1.54) is 0 Å². The molecule has 3 atom stereocenters. The van der Waals surface area contributed by atoms with Crippen molar-refractivity contribution in [2.45, 2.75) is 45.4 Å². The van der Waals surface area contributed by atoms with Crippen LogP contribution >= 0.6 is 0 Å². The van der Waals surface area contributed by atoms with Crippen LogP contribution in [0.25, 0.3) is 0 Å². The lowest BCUT2D eigenvalue weighted by Crippen LogP contribution is -2.49.